The largest absolute Gasteiger partial charge is 0.379 e. The fraction of sp³-hybridized carbons (Fsp3) is 0.448. The molecule has 1 saturated carbocycles. The Morgan fingerprint density at radius 2 is 1.97 bits per heavy atom. The van der Waals surface area contributed by atoms with E-state index in [4.69, 9.17) is 16.3 Å². The average Bonchev–Trinajstić information content (AvgIpc) is 2.86. The van der Waals surface area contributed by atoms with Crippen LogP contribution in [0.2, 0.25) is 5.02 Å². The van der Waals surface area contributed by atoms with Crippen LogP contribution in [0.25, 0.3) is 6.08 Å². The Balaban J connectivity index is 1.43. The predicted molar refractivity (Wildman–Crippen MR) is 148 cm³/mol. The van der Waals surface area contributed by atoms with E-state index in [1.807, 2.05) is 73.4 Å². The van der Waals surface area contributed by atoms with Crippen molar-refractivity contribution in [3.63, 3.8) is 0 Å². The number of nitrogens with zero attached hydrogens (tertiary/aromatic N) is 1. The van der Waals surface area contributed by atoms with Gasteiger partial charge in [-0.1, -0.05) is 48.7 Å². The summed E-state index contributed by atoms with van der Waals surface area (Å²) in [7, 11) is 0. The molecular formula is C29H35ClN2O3S. The van der Waals surface area contributed by atoms with Crippen LogP contribution in [-0.4, -0.2) is 47.3 Å². The Morgan fingerprint density at radius 1 is 1.19 bits per heavy atom. The third kappa shape index (κ3) is 7.15. The van der Waals surface area contributed by atoms with Crippen molar-refractivity contribution in [2.45, 2.75) is 69.9 Å². The van der Waals surface area contributed by atoms with Gasteiger partial charge in [-0.15, -0.1) is 11.8 Å². The molecule has 2 amide bonds. The van der Waals surface area contributed by atoms with Crippen LogP contribution in [0, 0.1) is 0 Å². The second kappa shape index (κ2) is 12.8. The first-order valence-electron chi connectivity index (χ1n) is 12.8. The topological polar surface area (TPSA) is 58.6 Å². The number of nitrogens with one attached hydrogen (secondary N) is 1. The molecule has 7 heteroatoms. The third-order valence-electron chi connectivity index (χ3n) is 6.59. The van der Waals surface area contributed by atoms with Gasteiger partial charge in [-0.3, -0.25) is 9.59 Å². The van der Waals surface area contributed by atoms with Gasteiger partial charge in [0.1, 0.15) is 0 Å². The van der Waals surface area contributed by atoms with Gasteiger partial charge in [0.05, 0.1) is 11.0 Å². The number of hydrogen-bond acceptors (Lipinski definition) is 4. The number of hydrogen-bond donors (Lipinski definition) is 1. The maximum absolute atomic E-state index is 13.6. The minimum absolute atomic E-state index is 0.0774. The molecule has 0 bridgehead atoms. The number of halogens is 1. The summed E-state index contributed by atoms with van der Waals surface area (Å²) in [5.41, 5.74) is 2.58. The normalized spacial score (nSPS) is 21.1. The summed E-state index contributed by atoms with van der Waals surface area (Å²) in [5, 5.41) is 4.03. The third-order valence-corrected chi connectivity index (χ3v) is 8.22. The molecule has 4 rings (SSSR count). The van der Waals surface area contributed by atoms with Crippen molar-refractivity contribution in [3.05, 3.63) is 75.1 Å². The molecular weight excluding hydrogens is 492 g/mol. The molecule has 2 unspecified atom stereocenters. The van der Waals surface area contributed by atoms with Gasteiger partial charge in [0, 0.05) is 41.6 Å². The first-order valence-corrected chi connectivity index (χ1v) is 14.1. The molecule has 2 fully saturated rings. The molecule has 0 radical (unpaired) electrons. The number of benzene rings is 2. The predicted octanol–water partition coefficient (Wildman–Crippen LogP) is 6.31. The summed E-state index contributed by atoms with van der Waals surface area (Å²) in [6.07, 6.45) is 7.47. The molecule has 2 atom stereocenters. The SMILES string of the molecule is CC(C)OCCCNC(=O)c1ccc(/C=C2/SC3CCCCC3N(Cc3cccc(Cl)c3)C2=O)cc1. The summed E-state index contributed by atoms with van der Waals surface area (Å²) in [6.45, 7) is 5.78. The van der Waals surface area contributed by atoms with Crippen LogP contribution in [0.1, 0.15) is 67.4 Å². The Hall–Kier alpha value is -2.28. The van der Waals surface area contributed by atoms with Crippen molar-refractivity contribution in [1.82, 2.24) is 10.2 Å². The van der Waals surface area contributed by atoms with E-state index in [1.54, 1.807) is 11.8 Å². The summed E-state index contributed by atoms with van der Waals surface area (Å²) in [4.78, 5) is 28.9. The standard InChI is InChI=1S/C29H35ClN2O3S/c1-20(2)35-16-6-15-31-28(33)23-13-11-21(12-14-23)18-27-29(34)32(19-22-7-5-8-24(30)17-22)25-9-3-4-10-26(25)36-27/h5,7-8,11-14,17-18,20,25-26H,3-4,6,9-10,15-16,19H2,1-2H3,(H,31,33)/b27-18+. The Bertz CT molecular complexity index is 1090. The molecule has 1 aliphatic heterocycles. The zero-order valence-corrected chi connectivity index (χ0v) is 22.6. The minimum Gasteiger partial charge on any atom is -0.379 e. The van der Waals surface area contributed by atoms with Crippen LogP contribution in [0.5, 0.6) is 0 Å². The molecule has 1 heterocycles. The van der Waals surface area contributed by atoms with E-state index < -0.39 is 0 Å². The highest BCUT2D eigenvalue weighted by Gasteiger charge is 2.40. The Morgan fingerprint density at radius 3 is 2.72 bits per heavy atom. The van der Waals surface area contributed by atoms with Gasteiger partial charge in [-0.2, -0.15) is 0 Å². The molecule has 0 spiro atoms. The van der Waals surface area contributed by atoms with E-state index in [2.05, 4.69) is 5.32 Å². The minimum atomic E-state index is -0.0976. The average molecular weight is 527 g/mol. The van der Waals surface area contributed by atoms with Crippen LogP contribution in [0.4, 0.5) is 0 Å². The molecule has 1 saturated heterocycles. The van der Waals surface area contributed by atoms with Crippen LogP contribution in [-0.2, 0) is 16.1 Å². The molecule has 192 valence electrons. The quantitative estimate of drug-likeness (QED) is 0.307. The highest BCUT2D eigenvalue weighted by molar-refractivity contribution is 8.04. The van der Waals surface area contributed by atoms with Crippen molar-refractivity contribution in [3.8, 4) is 0 Å². The lowest BCUT2D eigenvalue weighted by Gasteiger charge is -2.44. The number of thioether (sulfide) groups is 1. The van der Waals surface area contributed by atoms with Crippen molar-refractivity contribution in [2.75, 3.05) is 13.2 Å². The molecule has 36 heavy (non-hydrogen) atoms. The van der Waals surface area contributed by atoms with Crippen molar-refractivity contribution in [2.24, 2.45) is 0 Å². The van der Waals surface area contributed by atoms with Crippen LogP contribution in [0.3, 0.4) is 0 Å². The van der Waals surface area contributed by atoms with Gasteiger partial charge in [-0.05, 0) is 74.6 Å². The molecule has 2 aromatic rings. The van der Waals surface area contributed by atoms with Gasteiger partial charge in [0.2, 0.25) is 0 Å². The number of carbonyl (C=O) groups excluding carboxylic acids is 2. The Kier molecular flexibility index (Phi) is 9.52. The number of ether oxygens (including phenoxy) is 1. The number of fused-ring (bicyclic) bond motifs is 1. The van der Waals surface area contributed by atoms with E-state index in [0.717, 1.165) is 41.7 Å². The Labute approximate surface area is 223 Å². The fourth-order valence-electron chi connectivity index (χ4n) is 4.77. The fourth-order valence-corrected chi connectivity index (χ4v) is 6.46. The lowest BCUT2D eigenvalue weighted by molar-refractivity contribution is -0.130. The highest BCUT2D eigenvalue weighted by Crippen LogP contribution is 2.42. The van der Waals surface area contributed by atoms with E-state index >= 15 is 0 Å². The zero-order chi connectivity index (χ0) is 25.5. The van der Waals surface area contributed by atoms with E-state index in [0.29, 0.717) is 35.5 Å². The summed E-state index contributed by atoms with van der Waals surface area (Å²) >= 11 is 7.92. The van der Waals surface area contributed by atoms with Crippen molar-refractivity contribution in [1.29, 1.82) is 0 Å². The van der Waals surface area contributed by atoms with Crippen LogP contribution in [0.15, 0.2) is 53.4 Å². The monoisotopic (exact) mass is 526 g/mol. The van der Waals surface area contributed by atoms with Gasteiger partial charge in [-0.25, -0.2) is 0 Å². The molecule has 5 nitrogen and oxygen atoms in total. The second-order valence-electron chi connectivity index (χ2n) is 9.73. The number of rotatable bonds is 9. The summed E-state index contributed by atoms with van der Waals surface area (Å²) in [5.74, 6) is -0.0202. The first kappa shape index (κ1) is 26.8. The maximum Gasteiger partial charge on any atom is 0.260 e. The van der Waals surface area contributed by atoms with E-state index in [9.17, 15) is 9.59 Å². The van der Waals surface area contributed by atoms with Crippen LogP contribution >= 0.6 is 23.4 Å². The molecule has 1 aliphatic carbocycles. The maximum atomic E-state index is 13.6. The molecule has 1 N–H and O–H groups in total. The van der Waals surface area contributed by atoms with Gasteiger partial charge in [0.25, 0.3) is 11.8 Å². The smallest absolute Gasteiger partial charge is 0.260 e. The highest BCUT2D eigenvalue weighted by atomic mass is 35.5. The first-order chi connectivity index (χ1) is 17.4. The number of amides is 2. The van der Waals surface area contributed by atoms with Gasteiger partial charge < -0.3 is 15.0 Å². The number of carbonyl (C=O) groups is 2. The lowest BCUT2D eigenvalue weighted by atomic mass is 9.92. The van der Waals surface area contributed by atoms with Gasteiger partial charge >= 0.3 is 0 Å². The zero-order valence-electron chi connectivity index (χ0n) is 21.0. The van der Waals surface area contributed by atoms with E-state index in [1.165, 1.54) is 6.42 Å². The van der Waals surface area contributed by atoms with Crippen LogP contribution < -0.4 is 5.32 Å². The van der Waals surface area contributed by atoms with Gasteiger partial charge in [0.15, 0.2) is 0 Å². The lowest BCUT2D eigenvalue weighted by Crippen LogP contribution is -2.50. The summed E-state index contributed by atoms with van der Waals surface area (Å²) in [6, 6.07) is 15.5. The van der Waals surface area contributed by atoms with Crippen molar-refractivity contribution >= 4 is 41.3 Å². The molecule has 0 aromatic heterocycles. The summed E-state index contributed by atoms with van der Waals surface area (Å²) < 4.78 is 5.51. The molecule has 2 aromatic carbocycles. The second-order valence-corrected chi connectivity index (χ2v) is 11.4. The van der Waals surface area contributed by atoms with Crippen molar-refractivity contribution < 1.29 is 14.3 Å². The van der Waals surface area contributed by atoms with E-state index in [-0.39, 0.29) is 24.0 Å². The molecule has 2 aliphatic rings.